The highest BCUT2D eigenvalue weighted by Crippen LogP contribution is 2.41. The highest BCUT2D eigenvalue weighted by molar-refractivity contribution is 5.93. The van der Waals surface area contributed by atoms with E-state index in [1.807, 2.05) is 0 Å². The smallest absolute Gasteiger partial charge is 0.339 e. The summed E-state index contributed by atoms with van der Waals surface area (Å²) in [5.74, 6) is -4.18. The quantitative estimate of drug-likeness (QED) is 0.376. The van der Waals surface area contributed by atoms with E-state index in [1.165, 1.54) is 36.4 Å². The fourth-order valence-electron chi connectivity index (χ4n) is 2.80. The van der Waals surface area contributed by atoms with E-state index in [-0.39, 0.29) is 44.9 Å². The molecule has 0 amide bonds. The maximum Gasteiger partial charge on any atom is 0.339 e. The molecule has 8 heteroatoms. The zero-order valence-electron chi connectivity index (χ0n) is 14.1. The van der Waals surface area contributed by atoms with Crippen LogP contribution in [0.3, 0.4) is 0 Å². The van der Waals surface area contributed by atoms with E-state index in [0.29, 0.717) is 0 Å². The van der Waals surface area contributed by atoms with Gasteiger partial charge in [0, 0.05) is 11.1 Å². The highest BCUT2D eigenvalue weighted by atomic mass is 16.4. The second-order valence-corrected chi connectivity index (χ2v) is 5.96. The van der Waals surface area contributed by atoms with E-state index >= 15 is 0 Å². The van der Waals surface area contributed by atoms with Crippen LogP contribution in [0.1, 0.15) is 20.7 Å². The Kier molecular flexibility index (Phi) is 4.54. The predicted molar refractivity (Wildman–Crippen MR) is 97.9 cm³/mol. The third-order valence-corrected chi connectivity index (χ3v) is 4.19. The Morgan fingerprint density at radius 3 is 1.18 bits per heavy atom. The first kappa shape index (κ1) is 18.6. The summed E-state index contributed by atoms with van der Waals surface area (Å²) in [4.78, 5) is 22.0. The Morgan fingerprint density at radius 1 is 0.536 bits per heavy atom. The van der Waals surface area contributed by atoms with Crippen molar-refractivity contribution in [3.63, 3.8) is 0 Å². The summed E-state index contributed by atoms with van der Waals surface area (Å²) in [7, 11) is 0. The Bertz CT molecular complexity index is 1030. The van der Waals surface area contributed by atoms with E-state index in [4.69, 9.17) is 10.2 Å². The van der Waals surface area contributed by atoms with Crippen molar-refractivity contribution in [2.75, 3.05) is 0 Å². The van der Waals surface area contributed by atoms with Gasteiger partial charge in [-0.3, -0.25) is 0 Å². The van der Waals surface area contributed by atoms with Crippen molar-refractivity contribution in [2.24, 2.45) is 0 Å². The van der Waals surface area contributed by atoms with Crippen LogP contribution >= 0.6 is 0 Å². The third kappa shape index (κ3) is 3.26. The fraction of sp³-hybridized carbons (Fsp3) is 0. The normalized spacial score (nSPS) is 10.6. The van der Waals surface area contributed by atoms with Crippen LogP contribution in [0.15, 0.2) is 48.5 Å². The van der Waals surface area contributed by atoms with E-state index < -0.39 is 23.4 Å². The molecular weight excluding hydrogens is 368 g/mol. The molecule has 8 nitrogen and oxygen atoms in total. The van der Waals surface area contributed by atoms with Crippen LogP contribution in [0.2, 0.25) is 0 Å². The van der Waals surface area contributed by atoms with Crippen LogP contribution in [0, 0.1) is 0 Å². The lowest BCUT2D eigenvalue weighted by atomic mass is 9.96. The van der Waals surface area contributed by atoms with Crippen molar-refractivity contribution < 1.29 is 40.2 Å². The van der Waals surface area contributed by atoms with Gasteiger partial charge < -0.3 is 30.6 Å². The second kappa shape index (κ2) is 6.84. The maximum absolute atomic E-state index is 11.0. The molecule has 0 aromatic heterocycles. The molecule has 0 radical (unpaired) electrons. The van der Waals surface area contributed by atoms with Gasteiger partial charge in [0.15, 0.2) is 0 Å². The number of hydrogen-bond acceptors (Lipinski definition) is 6. The SMILES string of the molecule is O=C(O)c1ccc(-c2cc(O)c(-c3ccc(C(=O)O)c(O)c3)cc2O)cc1O. The van der Waals surface area contributed by atoms with Crippen LogP contribution in [0.5, 0.6) is 23.0 Å². The van der Waals surface area contributed by atoms with Gasteiger partial charge in [0.1, 0.15) is 34.1 Å². The van der Waals surface area contributed by atoms with E-state index in [9.17, 15) is 30.0 Å². The van der Waals surface area contributed by atoms with Gasteiger partial charge in [-0.15, -0.1) is 0 Å². The lowest BCUT2D eigenvalue weighted by Crippen LogP contribution is -1.97. The van der Waals surface area contributed by atoms with E-state index in [0.717, 1.165) is 12.1 Å². The van der Waals surface area contributed by atoms with Gasteiger partial charge in [0.05, 0.1) is 0 Å². The minimum absolute atomic E-state index is 0.139. The van der Waals surface area contributed by atoms with Crippen molar-refractivity contribution in [3.05, 3.63) is 59.7 Å². The number of carboxylic acid groups (broad SMARTS) is 2. The molecule has 3 rings (SSSR count). The van der Waals surface area contributed by atoms with E-state index in [2.05, 4.69) is 0 Å². The number of carbonyl (C=O) groups is 2. The summed E-state index contributed by atoms with van der Waals surface area (Å²) in [6.07, 6.45) is 0. The standard InChI is InChI=1S/C20H14O8/c21-15-5-9(1-3-11(15)19(25)26)13-7-18(24)14(8-17(13)23)10-2-4-12(20(27)28)16(22)6-10/h1-8,21-24H,(H,25,26)(H,27,28). The zero-order valence-corrected chi connectivity index (χ0v) is 14.1. The van der Waals surface area contributed by atoms with Gasteiger partial charge in [-0.25, -0.2) is 9.59 Å². The van der Waals surface area contributed by atoms with Crippen LogP contribution in [0.4, 0.5) is 0 Å². The fourth-order valence-corrected chi connectivity index (χ4v) is 2.80. The summed E-state index contributed by atoms with van der Waals surface area (Å²) in [6, 6.07) is 9.77. The first-order chi connectivity index (χ1) is 13.2. The Balaban J connectivity index is 2.07. The molecule has 0 unspecified atom stereocenters. The second-order valence-electron chi connectivity index (χ2n) is 5.96. The zero-order chi connectivity index (χ0) is 20.6. The molecule has 6 N–H and O–H groups in total. The van der Waals surface area contributed by atoms with E-state index in [1.54, 1.807) is 0 Å². The van der Waals surface area contributed by atoms with Crippen molar-refractivity contribution in [1.82, 2.24) is 0 Å². The number of aromatic carboxylic acids is 2. The average Bonchev–Trinajstić information content (AvgIpc) is 2.62. The predicted octanol–water partition coefficient (Wildman–Crippen LogP) is 3.24. The topological polar surface area (TPSA) is 156 Å². The molecule has 0 bridgehead atoms. The van der Waals surface area contributed by atoms with Gasteiger partial charge in [0.2, 0.25) is 0 Å². The Labute approximate surface area is 157 Å². The maximum atomic E-state index is 11.0. The van der Waals surface area contributed by atoms with Gasteiger partial charge in [-0.1, -0.05) is 12.1 Å². The number of phenols is 4. The number of hydrogen-bond donors (Lipinski definition) is 6. The molecule has 3 aromatic carbocycles. The minimum atomic E-state index is -1.31. The molecule has 0 aliphatic heterocycles. The third-order valence-electron chi connectivity index (χ3n) is 4.19. The summed E-state index contributed by atoms with van der Waals surface area (Å²) >= 11 is 0. The van der Waals surface area contributed by atoms with Gasteiger partial charge in [0.25, 0.3) is 0 Å². The van der Waals surface area contributed by atoms with Crippen molar-refractivity contribution in [3.8, 4) is 45.3 Å². The molecule has 142 valence electrons. The highest BCUT2D eigenvalue weighted by Gasteiger charge is 2.17. The molecule has 0 aliphatic rings. The van der Waals surface area contributed by atoms with Crippen LogP contribution in [-0.2, 0) is 0 Å². The number of phenolic OH excluding ortho intramolecular Hbond substituents is 2. The molecular formula is C20H14O8. The number of aromatic hydroxyl groups is 4. The van der Waals surface area contributed by atoms with Gasteiger partial charge >= 0.3 is 11.9 Å². The molecule has 3 aromatic rings. The summed E-state index contributed by atoms with van der Waals surface area (Å²) < 4.78 is 0. The molecule has 0 heterocycles. The average molecular weight is 382 g/mol. The minimum Gasteiger partial charge on any atom is -0.507 e. The molecule has 0 saturated carbocycles. The Morgan fingerprint density at radius 2 is 0.893 bits per heavy atom. The molecule has 0 aliphatic carbocycles. The van der Waals surface area contributed by atoms with Crippen LogP contribution in [0.25, 0.3) is 22.3 Å². The largest absolute Gasteiger partial charge is 0.507 e. The monoisotopic (exact) mass is 382 g/mol. The lowest BCUT2D eigenvalue weighted by molar-refractivity contribution is 0.0682. The molecule has 0 atom stereocenters. The number of rotatable bonds is 4. The van der Waals surface area contributed by atoms with Crippen molar-refractivity contribution in [1.29, 1.82) is 0 Å². The van der Waals surface area contributed by atoms with Gasteiger partial charge in [-0.2, -0.15) is 0 Å². The summed E-state index contributed by atoms with van der Waals surface area (Å²) in [5.41, 5.74) is 0.202. The van der Waals surface area contributed by atoms with Crippen LogP contribution < -0.4 is 0 Å². The molecule has 28 heavy (non-hydrogen) atoms. The number of carboxylic acids is 2. The summed E-state index contributed by atoms with van der Waals surface area (Å²) in [5, 5.41) is 58.2. The molecule has 0 spiro atoms. The summed E-state index contributed by atoms with van der Waals surface area (Å²) in [6.45, 7) is 0. The molecule has 0 saturated heterocycles. The van der Waals surface area contributed by atoms with Crippen LogP contribution in [-0.4, -0.2) is 42.6 Å². The van der Waals surface area contributed by atoms with Crippen molar-refractivity contribution in [2.45, 2.75) is 0 Å². The van der Waals surface area contributed by atoms with Crippen molar-refractivity contribution >= 4 is 11.9 Å². The first-order valence-electron chi connectivity index (χ1n) is 7.88. The molecule has 0 fully saturated rings. The first-order valence-corrected chi connectivity index (χ1v) is 7.88. The number of benzene rings is 3. The lowest BCUT2D eigenvalue weighted by Gasteiger charge is -2.12. The Hall–Kier alpha value is -4.20. The van der Waals surface area contributed by atoms with Gasteiger partial charge in [-0.05, 0) is 47.5 Å².